The second-order valence-electron chi connectivity index (χ2n) is 21.7. The Hall–Kier alpha value is -7.11. The number of rotatable bonds is 13. The zero-order chi connectivity index (χ0) is 49.8. The van der Waals surface area contributed by atoms with Gasteiger partial charge in [-0.3, -0.25) is 4.57 Å². The molecule has 0 amide bonds. The third-order valence-electron chi connectivity index (χ3n) is 14.7. The predicted octanol–water partition coefficient (Wildman–Crippen LogP) is 19.3. The number of pyridine rings is 1. The van der Waals surface area contributed by atoms with Crippen LogP contribution in [-0.4, -0.2) is 16.2 Å². The van der Waals surface area contributed by atoms with Gasteiger partial charge in [0.05, 0.1) is 22.4 Å². The van der Waals surface area contributed by atoms with E-state index >= 15 is 0 Å². The van der Waals surface area contributed by atoms with Crippen LogP contribution >= 0.6 is 0 Å². The maximum Gasteiger partial charge on any atom is 0.138 e. The average molecular weight is 935 g/mol. The van der Waals surface area contributed by atoms with Crippen LogP contribution in [0.2, 0.25) is 0 Å². The van der Waals surface area contributed by atoms with Crippen LogP contribution in [0.5, 0.6) is 11.5 Å². The molecule has 10 rings (SSSR count). The highest BCUT2D eigenvalue weighted by molar-refractivity contribution is 6.09. The molecule has 0 spiro atoms. The van der Waals surface area contributed by atoms with Crippen molar-refractivity contribution >= 4 is 44.6 Å². The molecule has 0 saturated heterocycles. The molecule has 0 unspecified atom stereocenters. The van der Waals surface area contributed by atoms with Gasteiger partial charge in [0.2, 0.25) is 0 Å². The zero-order valence-corrected chi connectivity index (χ0v) is 43.9. The Balaban J connectivity index is 1.14. The van der Waals surface area contributed by atoms with Gasteiger partial charge in [0.15, 0.2) is 0 Å². The van der Waals surface area contributed by atoms with Gasteiger partial charge in [-0.05, 0) is 158 Å². The Morgan fingerprint density at radius 1 is 0.408 bits per heavy atom. The van der Waals surface area contributed by atoms with Crippen LogP contribution in [-0.2, 0) is 0 Å². The van der Waals surface area contributed by atoms with Crippen LogP contribution < -0.4 is 14.5 Å². The number of hydrogen-bond donors (Lipinski definition) is 0. The molecule has 0 radical (unpaired) electrons. The van der Waals surface area contributed by atoms with E-state index in [9.17, 15) is 0 Å². The van der Waals surface area contributed by atoms with Gasteiger partial charge in [-0.1, -0.05) is 156 Å². The van der Waals surface area contributed by atoms with E-state index < -0.39 is 0 Å². The standard InChI is InChI=1S/C66H70N4O/c1-40(2)47-32-56(42(5)6)65(57(33-47)43(7)8)46-28-29-67-64(36-46)70-60-23-17-16-22-54(60)55-27-26-52(38-63(55)70)71-53-31-49(66-58(44(9)10)34-48(41(3)4)35-59(66)45(11)12)30-51(37-53)69-39-68(50-20-14-13-15-21-50)61-24-18-19-25-62(61)69/h13-38,40-45H,39H2,1-12H3. The maximum atomic E-state index is 7.23. The van der Waals surface area contributed by atoms with Gasteiger partial charge in [0.25, 0.3) is 0 Å². The molecular weight excluding hydrogens is 865 g/mol. The Morgan fingerprint density at radius 3 is 1.51 bits per heavy atom. The fourth-order valence-corrected chi connectivity index (χ4v) is 10.9. The quantitative estimate of drug-likeness (QED) is 0.115. The predicted molar refractivity (Wildman–Crippen MR) is 303 cm³/mol. The molecule has 0 bridgehead atoms. The van der Waals surface area contributed by atoms with Crippen molar-refractivity contribution in [3.8, 4) is 39.6 Å². The van der Waals surface area contributed by atoms with Crippen molar-refractivity contribution in [3.05, 3.63) is 191 Å². The van der Waals surface area contributed by atoms with Crippen LogP contribution in [0.15, 0.2) is 158 Å². The van der Waals surface area contributed by atoms with Crippen molar-refractivity contribution in [2.45, 2.75) is 119 Å². The van der Waals surface area contributed by atoms with Crippen molar-refractivity contribution in [2.75, 3.05) is 16.5 Å². The van der Waals surface area contributed by atoms with E-state index in [0.29, 0.717) is 42.2 Å². The summed E-state index contributed by atoms with van der Waals surface area (Å²) in [6.07, 6.45) is 1.99. The number of ether oxygens (including phenoxy) is 1. The summed E-state index contributed by atoms with van der Waals surface area (Å²) in [6.45, 7) is 28.5. The molecule has 1 aliphatic rings. The van der Waals surface area contributed by atoms with E-state index in [0.717, 1.165) is 50.7 Å². The molecule has 71 heavy (non-hydrogen) atoms. The van der Waals surface area contributed by atoms with Crippen LogP contribution in [0.25, 0.3) is 49.9 Å². The fraction of sp³-hybridized carbons (Fsp3) is 0.288. The molecule has 2 aromatic heterocycles. The highest BCUT2D eigenvalue weighted by Crippen LogP contribution is 2.48. The molecule has 0 aliphatic carbocycles. The smallest absolute Gasteiger partial charge is 0.138 e. The minimum absolute atomic E-state index is 0.320. The third kappa shape index (κ3) is 8.90. The van der Waals surface area contributed by atoms with Crippen molar-refractivity contribution in [2.24, 2.45) is 0 Å². The first kappa shape index (κ1) is 47.6. The summed E-state index contributed by atoms with van der Waals surface area (Å²) in [4.78, 5) is 9.98. The largest absolute Gasteiger partial charge is 0.457 e. The van der Waals surface area contributed by atoms with Gasteiger partial charge in [-0.15, -0.1) is 0 Å². The van der Waals surface area contributed by atoms with Crippen LogP contribution in [0.1, 0.15) is 152 Å². The first-order chi connectivity index (χ1) is 34.2. The van der Waals surface area contributed by atoms with Crippen molar-refractivity contribution in [3.63, 3.8) is 0 Å². The van der Waals surface area contributed by atoms with Gasteiger partial charge < -0.3 is 14.5 Å². The summed E-state index contributed by atoms with van der Waals surface area (Å²) in [5.41, 5.74) is 20.0. The molecule has 360 valence electrons. The number of benzene rings is 7. The lowest BCUT2D eigenvalue weighted by Gasteiger charge is -2.26. The first-order valence-corrected chi connectivity index (χ1v) is 26.0. The SMILES string of the molecule is CC(C)c1cc(C(C)C)c(-c2cc(Oc3ccc4c5ccccc5n(-c5cc(-c6c(C(C)C)cc(C(C)C)cc6C(C)C)ccn5)c4c3)cc(N3CN(c4ccccc4)c4ccccc43)c2)c(C(C)C)c1. The number of nitrogens with zero attached hydrogens (tertiary/aromatic N) is 4. The molecule has 5 nitrogen and oxygen atoms in total. The lowest BCUT2D eigenvalue weighted by molar-refractivity contribution is 0.483. The topological polar surface area (TPSA) is 33.5 Å². The molecule has 0 saturated carbocycles. The van der Waals surface area contributed by atoms with Crippen LogP contribution in [0.3, 0.4) is 0 Å². The summed E-state index contributed by atoms with van der Waals surface area (Å²) in [5, 5.41) is 2.34. The van der Waals surface area contributed by atoms with E-state index in [1.165, 1.54) is 66.8 Å². The van der Waals surface area contributed by atoms with Crippen LogP contribution in [0, 0.1) is 0 Å². The summed E-state index contributed by atoms with van der Waals surface area (Å²) < 4.78 is 9.56. The summed E-state index contributed by atoms with van der Waals surface area (Å²) in [6, 6.07) is 55.9. The van der Waals surface area contributed by atoms with E-state index in [2.05, 4.69) is 249 Å². The molecule has 3 heterocycles. The van der Waals surface area contributed by atoms with Gasteiger partial charge in [-0.2, -0.15) is 0 Å². The number of aromatic nitrogens is 2. The number of anilines is 4. The lowest BCUT2D eigenvalue weighted by Crippen LogP contribution is -2.24. The zero-order valence-electron chi connectivity index (χ0n) is 43.9. The summed E-state index contributed by atoms with van der Waals surface area (Å²) in [5.74, 6) is 4.68. The third-order valence-corrected chi connectivity index (χ3v) is 14.7. The van der Waals surface area contributed by atoms with Gasteiger partial charge in [0.1, 0.15) is 24.0 Å². The van der Waals surface area contributed by atoms with E-state index in [4.69, 9.17) is 9.72 Å². The van der Waals surface area contributed by atoms with E-state index in [-0.39, 0.29) is 0 Å². The molecule has 0 atom stereocenters. The Morgan fingerprint density at radius 2 is 0.930 bits per heavy atom. The van der Waals surface area contributed by atoms with Crippen molar-refractivity contribution < 1.29 is 4.74 Å². The molecule has 9 aromatic rings. The maximum absolute atomic E-state index is 7.23. The highest BCUT2D eigenvalue weighted by Gasteiger charge is 2.30. The fourth-order valence-electron chi connectivity index (χ4n) is 10.9. The van der Waals surface area contributed by atoms with Crippen molar-refractivity contribution in [1.82, 2.24) is 9.55 Å². The molecule has 0 N–H and O–H groups in total. The average Bonchev–Trinajstić information content (AvgIpc) is 3.92. The Labute approximate surface area is 422 Å². The molecule has 7 aromatic carbocycles. The number of hydrogen-bond acceptors (Lipinski definition) is 4. The second-order valence-corrected chi connectivity index (χ2v) is 21.7. The minimum atomic E-state index is 0.320. The minimum Gasteiger partial charge on any atom is -0.457 e. The summed E-state index contributed by atoms with van der Waals surface area (Å²) >= 11 is 0. The first-order valence-electron chi connectivity index (χ1n) is 26.0. The Bertz CT molecular complexity index is 3350. The second kappa shape index (κ2) is 19.2. The van der Waals surface area contributed by atoms with Gasteiger partial charge in [-0.25, -0.2) is 4.98 Å². The van der Waals surface area contributed by atoms with E-state index in [1.54, 1.807) is 0 Å². The normalized spacial score (nSPS) is 12.9. The Kier molecular flexibility index (Phi) is 12.9. The molecule has 0 fully saturated rings. The monoisotopic (exact) mass is 935 g/mol. The highest BCUT2D eigenvalue weighted by atomic mass is 16.5. The number of fused-ring (bicyclic) bond motifs is 4. The molecule has 1 aliphatic heterocycles. The number of para-hydroxylation sites is 4. The molecular formula is C66H70N4O. The molecule has 5 heteroatoms. The van der Waals surface area contributed by atoms with Gasteiger partial charge >= 0.3 is 0 Å². The van der Waals surface area contributed by atoms with E-state index in [1.807, 2.05) is 6.20 Å². The van der Waals surface area contributed by atoms with Crippen molar-refractivity contribution in [1.29, 1.82) is 0 Å². The lowest BCUT2D eigenvalue weighted by atomic mass is 9.81. The summed E-state index contributed by atoms with van der Waals surface area (Å²) in [7, 11) is 0. The van der Waals surface area contributed by atoms with Gasteiger partial charge in [0, 0.05) is 40.5 Å². The van der Waals surface area contributed by atoms with Crippen LogP contribution in [0.4, 0.5) is 22.7 Å².